The van der Waals surface area contributed by atoms with Gasteiger partial charge in [0.05, 0.1) is 10.6 Å². The summed E-state index contributed by atoms with van der Waals surface area (Å²) < 4.78 is 0. The number of hydrogen-bond donors (Lipinski definition) is 3. The van der Waals surface area contributed by atoms with Crippen LogP contribution >= 0.6 is 11.6 Å². The van der Waals surface area contributed by atoms with E-state index in [1.165, 1.54) is 6.92 Å². The summed E-state index contributed by atoms with van der Waals surface area (Å²) in [6.45, 7) is 3.30. The van der Waals surface area contributed by atoms with E-state index in [1.54, 1.807) is 49.4 Å². The summed E-state index contributed by atoms with van der Waals surface area (Å²) in [5.41, 5.74) is 1.80. The van der Waals surface area contributed by atoms with Gasteiger partial charge in [-0.05, 0) is 36.8 Å². The van der Waals surface area contributed by atoms with Crippen LogP contribution in [-0.2, 0) is 16.1 Å². The quantitative estimate of drug-likeness (QED) is 0.727. The monoisotopic (exact) mass is 373 g/mol. The van der Waals surface area contributed by atoms with Gasteiger partial charge in [0.1, 0.15) is 6.04 Å². The van der Waals surface area contributed by atoms with Crippen LogP contribution in [-0.4, -0.2) is 23.8 Å². The van der Waals surface area contributed by atoms with Gasteiger partial charge in [0, 0.05) is 19.2 Å². The molecule has 1 unspecified atom stereocenters. The molecule has 0 aromatic heterocycles. The fourth-order valence-corrected chi connectivity index (χ4v) is 2.51. The van der Waals surface area contributed by atoms with Crippen LogP contribution in [0.25, 0.3) is 0 Å². The van der Waals surface area contributed by atoms with Crippen LogP contribution in [0.15, 0.2) is 48.5 Å². The van der Waals surface area contributed by atoms with Gasteiger partial charge in [-0.25, -0.2) is 0 Å². The molecule has 3 N–H and O–H groups in total. The van der Waals surface area contributed by atoms with Crippen LogP contribution in [0, 0.1) is 0 Å². The zero-order valence-electron chi connectivity index (χ0n) is 14.5. The highest BCUT2D eigenvalue weighted by atomic mass is 35.5. The van der Waals surface area contributed by atoms with Crippen molar-refractivity contribution in [3.8, 4) is 0 Å². The molecule has 0 radical (unpaired) electrons. The number of nitrogens with one attached hydrogen (secondary N) is 3. The third-order valence-corrected chi connectivity index (χ3v) is 3.90. The van der Waals surface area contributed by atoms with Crippen molar-refractivity contribution in [2.45, 2.75) is 26.4 Å². The van der Waals surface area contributed by atoms with Crippen molar-refractivity contribution in [3.63, 3.8) is 0 Å². The van der Waals surface area contributed by atoms with Crippen LogP contribution in [0.2, 0.25) is 5.02 Å². The molecule has 136 valence electrons. The van der Waals surface area contributed by atoms with E-state index >= 15 is 0 Å². The van der Waals surface area contributed by atoms with Crippen molar-refractivity contribution in [1.82, 2.24) is 10.6 Å². The molecule has 0 aliphatic heterocycles. The van der Waals surface area contributed by atoms with E-state index < -0.39 is 11.9 Å². The predicted molar refractivity (Wildman–Crippen MR) is 101 cm³/mol. The highest BCUT2D eigenvalue weighted by Gasteiger charge is 2.17. The van der Waals surface area contributed by atoms with E-state index in [-0.39, 0.29) is 18.4 Å². The first kappa shape index (κ1) is 19.5. The van der Waals surface area contributed by atoms with Crippen LogP contribution in [0.3, 0.4) is 0 Å². The molecule has 26 heavy (non-hydrogen) atoms. The van der Waals surface area contributed by atoms with E-state index in [2.05, 4.69) is 16.0 Å². The summed E-state index contributed by atoms with van der Waals surface area (Å²) in [4.78, 5) is 35.5. The minimum absolute atomic E-state index is 0.165. The molecule has 2 aromatic rings. The Morgan fingerprint density at radius 2 is 1.81 bits per heavy atom. The number of rotatable bonds is 6. The molecule has 0 fully saturated rings. The Kier molecular flexibility index (Phi) is 6.74. The summed E-state index contributed by atoms with van der Waals surface area (Å²) in [5, 5.41) is 8.38. The van der Waals surface area contributed by atoms with Crippen molar-refractivity contribution in [3.05, 3.63) is 64.7 Å². The molecule has 0 spiro atoms. The number of hydrogen-bond acceptors (Lipinski definition) is 3. The Labute approximate surface area is 156 Å². The van der Waals surface area contributed by atoms with Crippen LogP contribution in [0.5, 0.6) is 0 Å². The topological polar surface area (TPSA) is 87.3 Å². The van der Waals surface area contributed by atoms with Crippen LogP contribution in [0.1, 0.15) is 29.8 Å². The predicted octanol–water partition coefficient (Wildman–Crippen LogP) is 2.73. The van der Waals surface area contributed by atoms with E-state index in [0.29, 0.717) is 16.3 Å². The number of anilines is 1. The molecule has 0 heterocycles. The van der Waals surface area contributed by atoms with Gasteiger partial charge in [-0.3, -0.25) is 14.4 Å². The highest BCUT2D eigenvalue weighted by molar-refractivity contribution is 6.33. The molecule has 1 atom stereocenters. The van der Waals surface area contributed by atoms with Gasteiger partial charge < -0.3 is 16.0 Å². The minimum atomic E-state index is -0.725. The Morgan fingerprint density at radius 3 is 2.50 bits per heavy atom. The Bertz CT molecular complexity index is 823. The fraction of sp³-hybridized carbons (Fsp3) is 0.211. The first-order valence-corrected chi connectivity index (χ1v) is 8.44. The number of halogens is 1. The van der Waals surface area contributed by atoms with E-state index in [4.69, 9.17) is 11.6 Å². The molecule has 2 aromatic carbocycles. The van der Waals surface area contributed by atoms with Gasteiger partial charge in [0.15, 0.2) is 0 Å². The zero-order valence-corrected chi connectivity index (χ0v) is 15.3. The van der Waals surface area contributed by atoms with Gasteiger partial charge in [-0.15, -0.1) is 0 Å². The van der Waals surface area contributed by atoms with Crippen LogP contribution in [0.4, 0.5) is 5.69 Å². The maximum atomic E-state index is 12.2. The molecule has 3 amide bonds. The van der Waals surface area contributed by atoms with Crippen molar-refractivity contribution in [2.24, 2.45) is 0 Å². The second-order valence-corrected chi connectivity index (χ2v) is 6.18. The SMILES string of the molecule is CC(=O)Nc1cccc(CNC(=O)C(C)NC(=O)c2ccccc2Cl)c1. The van der Waals surface area contributed by atoms with Crippen molar-refractivity contribution >= 4 is 35.0 Å². The largest absolute Gasteiger partial charge is 0.350 e. The average molecular weight is 374 g/mol. The van der Waals surface area contributed by atoms with Crippen molar-refractivity contribution in [2.75, 3.05) is 5.32 Å². The smallest absolute Gasteiger partial charge is 0.253 e. The third-order valence-electron chi connectivity index (χ3n) is 3.57. The molecule has 0 saturated heterocycles. The Hall–Kier alpha value is -2.86. The maximum Gasteiger partial charge on any atom is 0.253 e. The Balaban J connectivity index is 1.90. The number of carbonyl (C=O) groups is 3. The molecule has 7 heteroatoms. The number of amides is 3. The number of benzene rings is 2. The summed E-state index contributed by atoms with van der Waals surface area (Å²) >= 11 is 5.98. The van der Waals surface area contributed by atoms with Gasteiger partial charge >= 0.3 is 0 Å². The molecule has 0 bridgehead atoms. The standard InChI is InChI=1S/C19H20ClN3O3/c1-12(22-19(26)16-8-3-4-9-17(16)20)18(25)21-11-14-6-5-7-15(10-14)23-13(2)24/h3-10,12H,11H2,1-2H3,(H,21,25)(H,22,26)(H,23,24). The van der Waals surface area contributed by atoms with Gasteiger partial charge in [0.2, 0.25) is 11.8 Å². The normalized spacial score (nSPS) is 11.3. The minimum Gasteiger partial charge on any atom is -0.350 e. The lowest BCUT2D eigenvalue weighted by molar-refractivity contribution is -0.122. The molecule has 2 rings (SSSR count). The first-order chi connectivity index (χ1) is 12.4. The zero-order chi connectivity index (χ0) is 19.1. The lowest BCUT2D eigenvalue weighted by atomic mass is 10.1. The second-order valence-electron chi connectivity index (χ2n) is 5.77. The van der Waals surface area contributed by atoms with Crippen LogP contribution < -0.4 is 16.0 Å². The fourth-order valence-electron chi connectivity index (χ4n) is 2.29. The van der Waals surface area contributed by atoms with E-state index in [9.17, 15) is 14.4 Å². The first-order valence-electron chi connectivity index (χ1n) is 8.06. The summed E-state index contributed by atoms with van der Waals surface area (Å²) in [6, 6.07) is 13.1. The lowest BCUT2D eigenvalue weighted by Crippen LogP contribution is -2.44. The summed E-state index contributed by atoms with van der Waals surface area (Å²) in [7, 11) is 0. The molecular formula is C19H20ClN3O3. The molecule has 0 saturated carbocycles. The third kappa shape index (κ3) is 5.60. The number of carbonyl (C=O) groups excluding carboxylic acids is 3. The maximum absolute atomic E-state index is 12.2. The van der Waals surface area contributed by atoms with Crippen molar-refractivity contribution < 1.29 is 14.4 Å². The van der Waals surface area contributed by atoms with Gasteiger partial charge in [-0.1, -0.05) is 35.9 Å². The second kappa shape index (κ2) is 9.01. The molecule has 0 aliphatic carbocycles. The molecule has 0 aliphatic rings. The summed E-state index contributed by atoms with van der Waals surface area (Å²) in [6.07, 6.45) is 0. The van der Waals surface area contributed by atoms with E-state index in [1.807, 2.05) is 6.07 Å². The molecule has 6 nitrogen and oxygen atoms in total. The highest BCUT2D eigenvalue weighted by Crippen LogP contribution is 2.14. The Morgan fingerprint density at radius 1 is 1.08 bits per heavy atom. The molecular weight excluding hydrogens is 354 g/mol. The lowest BCUT2D eigenvalue weighted by Gasteiger charge is -2.15. The van der Waals surface area contributed by atoms with Gasteiger partial charge in [-0.2, -0.15) is 0 Å². The average Bonchev–Trinajstić information content (AvgIpc) is 2.59. The van der Waals surface area contributed by atoms with Gasteiger partial charge in [0.25, 0.3) is 5.91 Å². The van der Waals surface area contributed by atoms with E-state index in [0.717, 1.165) is 5.56 Å². The van der Waals surface area contributed by atoms with Crippen molar-refractivity contribution in [1.29, 1.82) is 0 Å². The summed E-state index contributed by atoms with van der Waals surface area (Å²) in [5.74, 6) is -0.900.